The van der Waals surface area contributed by atoms with Gasteiger partial charge in [-0.2, -0.15) is 0 Å². The van der Waals surface area contributed by atoms with Crippen LogP contribution in [-0.2, 0) is 0 Å². The predicted molar refractivity (Wildman–Crippen MR) is 42.9 cm³/mol. The van der Waals surface area contributed by atoms with E-state index in [2.05, 4.69) is 18.7 Å². The fraction of sp³-hybridized carbons (Fsp3) is 1.00. The van der Waals surface area contributed by atoms with Gasteiger partial charge in [-0.15, -0.1) is 0 Å². The lowest BCUT2D eigenvalue weighted by Crippen LogP contribution is -2.56. The van der Waals surface area contributed by atoms with Crippen molar-refractivity contribution in [3.63, 3.8) is 0 Å². The minimum absolute atomic E-state index is 0.961. The van der Waals surface area contributed by atoms with Crippen LogP contribution in [0.5, 0.6) is 0 Å². The topological polar surface area (TPSA) is 3.24 Å². The Labute approximate surface area is 63.4 Å². The average molecular weight is 139 g/mol. The molecule has 0 amide bonds. The molecule has 10 heavy (non-hydrogen) atoms. The molecule has 2 saturated heterocycles. The molecule has 58 valence electrons. The van der Waals surface area contributed by atoms with Crippen molar-refractivity contribution in [3.05, 3.63) is 0 Å². The molecular weight excluding hydrogens is 122 g/mol. The van der Waals surface area contributed by atoms with E-state index >= 15 is 0 Å². The van der Waals surface area contributed by atoms with Crippen molar-refractivity contribution < 1.29 is 0 Å². The predicted octanol–water partition coefficient (Wildman–Crippen LogP) is 1.74. The van der Waals surface area contributed by atoms with E-state index in [1.54, 1.807) is 0 Å². The Bertz CT molecular complexity index is 127. The normalized spacial score (nSPS) is 48.0. The molecule has 1 heteroatoms. The molecule has 1 nitrogen and oxygen atoms in total. The molecule has 0 saturated carbocycles. The minimum atomic E-state index is 0.961. The number of piperidine rings is 1. The van der Waals surface area contributed by atoms with Crippen LogP contribution in [0.25, 0.3) is 0 Å². The molecular formula is C9H17N. The van der Waals surface area contributed by atoms with Gasteiger partial charge in [0.25, 0.3) is 0 Å². The lowest BCUT2D eigenvalue weighted by Gasteiger charge is -2.50. The number of rotatable bonds is 0. The molecule has 2 fully saturated rings. The first-order chi connectivity index (χ1) is 4.79. The summed E-state index contributed by atoms with van der Waals surface area (Å²) in [6, 6.07) is 0.962. The van der Waals surface area contributed by atoms with Crippen LogP contribution in [0.15, 0.2) is 0 Å². The van der Waals surface area contributed by atoms with Crippen LogP contribution >= 0.6 is 0 Å². The average Bonchev–Trinajstić information content (AvgIpc) is 1.82. The highest BCUT2D eigenvalue weighted by Crippen LogP contribution is 2.35. The highest BCUT2D eigenvalue weighted by Gasteiger charge is 2.38. The second kappa shape index (κ2) is 2.23. The zero-order chi connectivity index (χ0) is 7.14. The van der Waals surface area contributed by atoms with E-state index in [4.69, 9.17) is 0 Å². The second-order valence-corrected chi connectivity index (χ2v) is 4.02. The van der Waals surface area contributed by atoms with Crippen molar-refractivity contribution in [2.75, 3.05) is 13.1 Å². The SMILES string of the molecule is CC1C2CCN2CC[C@H]1C. The molecule has 0 spiro atoms. The lowest BCUT2D eigenvalue weighted by atomic mass is 9.77. The summed E-state index contributed by atoms with van der Waals surface area (Å²) in [5, 5.41) is 0. The molecule has 0 radical (unpaired) electrons. The summed E-state index contributed by atoms with van der Waals surface area (Å²) in [5.74, 6) is 1.93. The minimum Gasteiger partial charge on any atom is -0.300 e. The molecule has 2 aliphatic heterocycles. The molecule has 3 atom stereocenters. The van der Waals surface area contributed by atoms with Crippen LogP contribution in [0.2, 0.25) is 0 Å². The summed E-state index contributed by atoms with van der Waals surface area (Å²) in [6.45, 7) is 7.57. The summed E-state index contributed by atoms with van der Waals surface area (Å²) in [4.78, 5) is 2.64. The lowest BCUT2D eigenvalue weighted by molar-refractivity contribution is -0.0112. The molecule has 2 rings (SSSR count). The Kier molecular flexibility index (Phi) is 1.48. The van der Waals surface area contributed by atoms with Gasteiger partial charge in [-0.3, -0.25) is 4.90 Å². The Morgan fingerprint density at radius 2 is 1.80 bits per heavy atom. The largest absolute Gasteiger partial charge is 0.300 e. The van der Waals surface area contributed by atoms with Crippen LogP contribution < -0.4 is 0 Å². The van der Waals surface area contributed by atoms with Gasteiger partial charge in [0.1, 0.15) is 0 Å². The maximum Gasteiger partial charge on any atom is 0.0136 e. The van der Waals surface area contributed by atoms with Gasteiger partial charge >= 0.3 is 0 Å². The van der Waals surface area contributed by atoms with Gasteiger partial charge < -0.3 is 0 Å². The van der Waals surface area contributed by atoms with Gasteiger partial charge in [0.15, 0.2) is 0 Å². The highest BCUT2D eigenvalue weighted by atomic mass is 15.2. The van der Waals surface area contributed by atoms with Crippen molar-refractivity contribution in [2.24, 2.45) is 11.8 Å². The number of fused-ring (bicyclic) bond motifs is 1. The molecule has 0 aliphatic carbocycles. The molecule has 2 aliphatic rings. The summed E-state index contributed by atoms with van der Waals surface area (Å²) in [7, 11) is 0. The Balaban J connectivity index is 2.01. The smallest absolute Gasteiger partial charge is 0.0136 e. The number of hydrogen-bond acceptors (Lipinski definition) is 1. The van der Waals surface area contributed by atoms with Gasteiger partial charge in [-0.1, -0.05) is 13.8 Å². The third kappa shape index (κ3) is 0.800. The molecule has 0 aromatic carbocycles. The van der Waals surface area contributed by atoms with E-state index in [1.165, 1.54) is 25.9 Å². The third-order valence-corrected chi connectivity index (χ3v) is 3.56. The van der Waals surface area contributed by atoms with Gasteiger partial charge in [0.2, 0.25) is 0 Å². The van der Waals surface area contributed by atoms with Gasteiger partial charge in [0, 0.05) is 6.04 Å². The van der Waals surface area contributed by atoms with Crippen LogP contribution in [0.3, 0.4) is 0 Å². The van der Waals surface area contributed by atoms with E-state index < -0.39 is 0 Å². The molecule has 2 unspecified atom stereocenters. The maximum atomic E-state index is 2.64. The van der Waals surface area contributed by atoms with Crippen LogP contribution in [0, 0.1) is 11.8 Å². The molecule has 0 aromatic heterocycles. The first-order valence-electron chi connectivity index (χ1n) is 4.53. The van der Waals surface area contributed by atoms with Crippen molar-refractivity contribution >= 4 is 0 Å². The van der Waals surface area contributed by atoms with Crippen molar-refractivity contribution in [1.82, 2.24) is 4.90 Å². The van der Waals surface area contributed by atoms with E-state index in [0.717, 1.165) is 17.9 Å². The molecule has 2 heterocycles. The standard InChI is InChI=1S/C9H17N/c1-7-3-5-10-6-4-9(10)8(7)2/h7-9H,3-6H2,1-2H3/t7-,8?,9?/m1/s1. The van der Waals surface area contributed by atoms with Gasteiger partial charge in [-0.05, 0) is 37.8 Å². The van der Waals surface area contributed by atoms with E-state index in [-0.39, 0.29) is 0 Å². The fourth-order valence-electron chi connectivity index (χ4n) is 2.35. The van der Waals surface area contributed by atoms with Gasteiger partial charge in [0.05, 0.1) is 0 Å². The third-order valence-electron chi connectivity index (χ3n) is 3.56. The van der Waals surface area contributed by atoms with Crippen LogP contribution in [-0.4, -0.2) is 24.0 Å². The first kappa shape index (κ1) is 6.66. The summed E-state index contributed by atoms with van der Waals surface area (Å²) >= 11 is 0. The fourth-order valence-corrected chi connectivity index (χ4v) is 2.35. The maximum absolute atomic E-state index is 2.64. The van der Waals surface area contributed by atoms with Crippen molar-refractivity contribution in [3.8, 4) is 0 Å². The van der Waals surface area contributed by atoms with Crippen molar-refractivity contribution in [1.29, 1.82) is 0 Å². The Morgan fingerprint density at radius 1 is 1.10 bits per heavy atom. The zero-order valence-electron chi connectivity index (χ0n) is 7.01. The van der Waals surface area contributed by atoms with E-state index in [0.29, 0.717) is 0 Å². The Morgan fingerprint density at radius 3 is 2.30 bits per heavy atom. The van der Waals surface area contributed by atoms with E-state index in [1.807, 2.05) is 0 Å². The first-order valence-corrected chi connectivity index (χ1v) is 4.53. The molecule has 0 bridgehead atoms. The van der Waals surface area contributed by atoms with Crippen LogP contribution in [0.1, 0.15) is 26.7 Å². The second-order valence-electron chi connectivity index (χ2n) is 4.02. The van der Waals surface area contributed by atoms with Crippen LogP contribution in [0.4, 0.5) is 0 Å². The summed E-state index contributed by atoms with van der Waals surface area (Å²) in [6.07, 6.45) is 2.89. The summed E-state index contributed by atoms with van der Waals surface area (Å²) in [5.41, 5.74) is 0. The molecule has 0 aromatic rings. The molecule has 0 N–H and O–H groups in total. The summed E-state index contributed by atoms with van der Waals surface area (Å²) < 4.78 is 0. The van der Waals surface area contributed by atoms with E-state index in [9.17, 15) is 0 Å². The monoisotopic (exact) mass is 139 g/mol. The van der Waals surface area contributed by atoms with Gasteiger partial charge in [-0.25, -0.2) is 0 Å². The Hall–Kier alpha value is -0.0400. The quantitative estimate of drug-likeness (QED) is 0.494. The zero-order valence-corrected chi connectivity index (χ0v) is 7.01. The highest BCUT2D eigenvalue weighted by molar-refractivity contribution is 4.92. The van der Waals surface area contributed by atoms with Crippen molar-refractivity contribution in [2.45, 2.75) is 32.7 Å². The number of nitrogens with zero attached hydrogens (tertiary/aromatic N) is 1. The number of hydrogen-bond donors (Lipinski definition) is 0.